The van der Waals surface area contributed by atoms with Crippen molar-refractivity contribution in [1.82, 2.24) is 9.88 Å². The van der Waals surface area contributed by atoms with Crippen molar-refractivity contribution >= 4 is 22.4 Å². The zero-order valence-electron chi connectivity index (χ0n) is 16.7. The number of hydrogen-bond donors (Lipinski definition) is 1. The fourth-order valence-electron chi connectivity index (χ4n) is 3.89. The molecule has 2 aromatic carbocycles. The number of aromatic nitrogens is 1. The molecule has 1 saturated heterocycles. The van der Waals surface area contributed by atoms with Gasteiger partial charge in [-0.15, -0.1) is 0 Å². The first-order valence-corrected chi connectivity index (χ1v) is 10.1. The molecule has 3 aromatic rings. The van der Waals surface area contributed by atoms with Gasteiger partial charge < -0.3 is 24.4 Å². The van der Waals surface area contributed by atoms with Gasteiger partial charge in [0.1, 0.15) is 23.7 Å². The maximum Gasteiger partial charge on any atom is 0.231 e. The molecule has 0 atom stereocenters. The van der Waals surface area contributed by atoms with Gasteiger partial charge in [-0.1, -0.05) is 12.1 Å². The molecule has 0 bridgehead atoms. The van der Waals surface area contributed by atoms with Gasteiger partial charge in [0.05, 0.1) is 16.8 Å². The number of rotatable bonds is 4. The van der Waals surface area contributed by atoms with Crippen molar-refractivity contribution in [2.75, 3.05) is 32.2 Å². The third-order valence-electron chi connectivity index (χ3n) is 5.55. The van der Waals surface area contributed by atoms with Gasteiger partial charge in [0.15, 0.2) is 11.5 Å². The van der Waals surface area contributed by atoms with E-state index in [9.17, 15) is 5.26 Å². The molecular formula is C23H22N4O3. The number of nitriles is 1. The number of pyridine rings is 1. The molecule has 7 nitrogen and oxygen atoms in total. The first-order valence-electron chi connectivity index (χ1n) is 10.1. The van der Waals surface area contributed by atoms with Gasteiger partial charge in [-0.25, -0.2) is 4.98 Å². The van der Waals surface area contributed by atoms with Gasteiger partial charge >= 0.3 is 0 Å². The summed E-state index contributed by atoms with van der Waals surface area (Å²) in [7, 11) is 2.13. The minimum atomic E-state index is 0.180. The van der Waals surface area contributed by atoms with Gasteiger partial charge in [-0.3, -0.25) is 0 Å². The molecule has 0 saturated carbocycles. The molecule has 5 rings (SSSR count). The van der Waals surface area contributed by atoms with Crippen LogP contribution >= 0.6 is 0 Å². The van der Waals surface area contributed by atoms with Gasteiger partial charge in [-0.05, 0) is 50.2 Å². The number of anilines is 2. The minimum absolute atomic E-state index is 0.180. The highest BCUT2D eigenvalue weighted by Crippen LogP contribution is 2.40. The van der Waals surface area contributed by atoms with Crippen molar-refractivity contribution in [2.45, 2.75) is 18.9 Å². The Balaban J connectivity index is 1.48. The van der Waals surface area contributed by atoms with Crippen LogP contribution < -0.4 is 19.5 Å². The molecule has 3 heterocycles. The monoisotopic (exact) mass is 402 g/mol. The van der Waals surface area contributed by atoms with Crippen LogP contribution in [0.2, 0.25) is 0 Å². The normalized spacial score (nSPS) is 16.4. The van der Waals surface area contributed by atoms with Crippen LogP contribution in [0, 0.1) is 11.3 Å². The molecule has 0 radical (unpaired) electrons. The lowest BCUT2D eigenvalue weighted by molar-refractivity contribution is 0.116. The highest BCUT2D eigenvalue weighted by Gasteiger charge is 2.21. The molecule has 0 aliphatic carbocycles. The van der Waals surface area contributed by atoms with Crippen LogP contribution in [0.15, 0.2) is 42.5 Å². The number of benzene rings is 2. The Hall–Kier alpha value is -3.50. The van der Waals surface area contributed by atoms with Crippen LogP contribution in [0.3, 0.4) is 0 Å². The Kier molecular flexibility index (Phi) is 4.77. The Morgan fingerprint density at radius 1 is 1.17 bits per heavy atom. The van der Waals surface area contributed by atoms with Gasteiger partial charge in [-0.2, -0.15) is 5.26 Å². The van der Waals surface area contributed by atoms with Gasteiger partial charge in [0.2, 0.25) is 6.79 Å². The van der Waals surface area contributed by atoms with Crippen LogP contribution in [-0.4, -0.2) is 42.9 Å². The first-order chi connectivity index (χ1) is 14.7. The molecule has 30 heavy (non-hydrogen) atoms. The smallest absolute Gasteiger partial charge is 0.231 e. The summed E-state index contributed by atoms with van der Waals surface area (Å²) < 4.78 is 17.3. The molecule has 0 spiro atoms. The maximum atomic E-state index is 9.76. The van der Waals surface area contributed by atoms with Crippen molar-refractivity contribution < 1.29 is 14.2 Å². The number of likely N-dealkylation sites (tertiary alicyclic amines) is 1. The highest BCUT2D eigenvalue weighted by atomic mass is 16.7. The summed E-state index contributed by atoms with van der Waals surface area (Å²) in [5.41, 5.74) is 1.93. The average Bonchev–Trinajstić information content (AvgIpc) is 3.25. The van der Waals surface area contributed by atoms with E-state index in [-0.39, 0.29) is 12.9 Å². The van der Waals surface area contributed by atoms with Gasteiger partial charge in [0.25, 0.3) is 0 Å². The van der Waals surface area contributed by atoms with E-state index < -0.39 is 0 Å². The van der Waals surface area contributed by atoms with Crippen molar-refractivity contribution in [3.63, 3.8) is 0 Å². The van der Waals surface area contributed by atoms with Crippen LogP contribution in [0.5, 0.6) is 17.2 Å². The molecule has 1 aromatic heterocycles. The Morgan fingerprint density at radius 2 is 2.00 bits per heavy atom. The molecule has 1 fully saturated rings. The second-order valence-electron chi connectivity index (χ2n) is 7.60. The summed E-state index contributed by atoms with van der Waals surface area (Å²) in [6.45, 7) is 2.23. The number of nitrogens with one attached hydrogen (secondary N) is 1. The second-order valence-corrected chi connectivity index (χ2v) is 7.60. The highest BCUT2D eigenvalue weighted by molar-refractivity contribution is 5.89. The number of nitrogens with zero attached hydrogens (tertiary/aromatic N) is 3. The Labute approximate surface area is 174 Å². The average molecular weight is 402 g/mol. The Morgan fingerprint density at radius 3 is 2.83 bits per heavy atom. The van der Waals surface area contributed by atoms with E-state index in [2.05, 4.69) is 23.3 Å². The predicted octanol–water partition coefficient (Wildman–Crippen LogP) is 4.05. The molecule has 152 valence electrons. The number of piperidine rings is 1. The zero-order valence-corrected chi connectivity index (χ0v) is 16.7. The van der Waals surface area contributed by atoms with Crippen molar-refractivity contribution in [3.05, 3.63) is 48.0 Å². The van der Waals surface area contributed by atoms with E-state index in [0.29, 0.717) is 28.6 Å². The lowest BCUT2D eigenvalue weighted by atomic mass is 10.1. The zero-order chi connectivity index (χ0) is 20.5. The quantitative estimate of drug-likeness (QED) is 0.705. The van der Waals surface area contributed by atoms with E-state index in [0.717, 1.165) is 42.6 Å². The summed E-state index contributed by atoms with van der Waals surface area (Å²) in [6.07, 6.45) is 2.16. The number of hydrogen-bond acceptors (Lipinski definition) is 7. The molecule has 2 aliphatic heterocycles. The number of fused-ring (bicyclic) bond motifs is 2. The van der Waals surface area contributed by atoms with Crippen molar-refractivity contribution in [3.8, 4) is 23.3 Å². The van der Waals surface area contributed by atoms with E-state index in [4.69, 9.17) is 19.2 Å². The SMILES string of the molecule is CN1CCC(Oc2cccc3nc(Nc4cccc5c4OCO5)c(C#N)cc23)CC1. The van der Waals surface area contributed by atoms with Crippen molar-refractivity contribution in [1.29, 1.82) is 5.26 Å². The molecule has 0 unspecified atom stereocenters. The number of ether oxygens (including phenoxy) is 3. The first kappa shape index (κ1) is 18.5. The molecule has 0 amide bonds. The minimum Gasteiger partial charge on any atom is -0.490 e. The standard InChI is InChI=1S/C23H22N4O3/c1-27-10-8-16(9-11-27)30-20-6-2-4-18-17(20)12-15(13-24)23(25-18)26-19-5-3-7-21-22(19)29-14-28-21/h2-7,12,16H,8-11,14H2,1H3,(H,25,26). The lowest BCUT2D eigenvalue weighted by Crippen LogP contribution is -2.35. The Bertz CT molecular complexity index is 1130. The summed E-state index contributed by atoms with van der Waals surface area (Å²) >= 11 is 0. The van der Waals surface area contributed by atoms with E-state index in [1.165, 1.54) is 0 Å². The summed E-state index contributed by atoms with van der Waals surface area (Å²) in [5.74, 6) is 2.55. The lowest BCUT2D eigenvalue weighted by Gasteiger charge is -2.29. The summed E-state index contributed by atoms with van der Waals surface area (Å²) in [5, 5.41) is 13.8. The van der Waals surface area contributed by atoms with Crippen LogP contribution in [0.4, 0.5) is 11.5 Å². The summed E-state index contributed by atoms with van der Waals surface area (Å²) in [6, 6.07) is 15.5. The van der Waals surface area contributed by atoms with Crippen molar-refractivity contribution in [2.24, 2.45) is 0 Å². The van der Waals surface area contributed by atoms with E-state index in [1.54, 1.807) is 0 Å². The van der Waals surface area contributed by atoms with Crippen LogP contribution in [0.1, 0.15) is 18.4 Å². The van der Waals surface area contributed by atoms with Gasteiger partial charge in [0, 0.05) is 18.5 Å². The summed E-state index contributed by atoms with van der Waals surface area (Å²) in [4.78, 5) is 7.03. The number of para-hydroxylation sites is 1. The maximum absolute atomic E-state index is 9.76. The van der Waals surface area contributed by atoms with Crippen LogP contribution in [0.25, 0.3) is 10.9 Å². The third-order valence-corrected chi connectivity index (χ3v) is 5.55. The second kappa shape index (κ2) is 7.73. The third kappa shape index (κ3) is 3.46. The predicted molar refractivity (Wildman–Crippen MR) is 113 cm³/mol. The fraction of sp³-hybridized carbons (Fsp3) is 0.304. The molecule has 2 aliphatic rings. The van der Waals surface area contributed by atoms with E-state index >= 15 is 0 Å². The molecule has 7 heteroatoms. The van der Waals surface area contributed by atoms with E-state index in [1.807, 2.05) is 42.5 Å². The molecule has 1 N–H and O–H groups in total. The van der Waals surface area contributed by atoms with Crippen LogP contribution in [-0.2, 0) is 0 Å². The molecular weight excluding hydrogens is 380 g/mol. The largest absolute Gasteiger partial charge is 0.490 e. The fourth-order valence-corrected chi connectivity index (χ4v) is 3.89. The topological polar surface area (TPSA) is 79.6 Å².